The van der Waals surface area contributed by atoms with E-state index in [0.717, 1.165) is 71.1 Å². The Morgan fingerprint density at radius 2 is 1.82 bits per heavy atom. The number of carbonyl (C=O) groups excluding carboxylic acids is 1. The summed E-state index contributed by atoms with van der Waals surface area (Å²) >= 11 is 0. The van der Waals surface area contributed by atoms with Crippen molar-refractivity contribution in [2.75, 3.05) is 32.7 Å². The van der Waals surface area contributed by atoms with E-state index < -0.39 is 5.97 Å². The van der Waals surface area contributed by atoms with Crippen LogP contribution >= 0.6 is 0 Å². The van der Waals surface area contributed by atoms with Gasteiger partial charge in [0, 0.05) is 62.7 Å². The molecule has 4 aliphatic rings. The Kier molecular flexibility index (Phi) is 6.59. The highest BCUT2D eigenvalue weighted by molar-refractivity contribution is 5.79. The van der Waals surface area contributed by atoms with E-state index in [1.807, 2.05) is 15.5 Å². The van der Waals surface area contributed by atoms with Crippen molar-refractivity contribution in [2.45, 2.75) is 63.8 Å². The van der Waals surface area contributed by atoms with Gasteiger partial charge in [-0.2, -0.15) is 0 Å². The smallest absolute Gasteiger partial charge is 0.303 e. The Morgan fingerprint density at radius 1 is 1.00 bits per heavy atom. The van der Waals surface area contributed by atoms with Gasteiger partial charge >= 0.3 is 5.97 Å². The number of pyridine rings is 1. The van der Waals surface area contributed by atoms with Crippen molar-refractivity contribution in [1.82, 2.24) is 14.4 Å². The number of nitrogens with zero attached hydrogens (tertiary/aromatic N) is 3. The fraction of sp³-hybridized carbons (Fsp3) is 0.731. The maximum absolute atomic E-state index is 13.0. The molecule has 2 bridgehead atoms. The molecule has 33 heavy (non-hydrogen) atoms. The number of likely N-dealkylation sites (tertiary alicyclic amines) is 2. The number of carbonyl (C=O) groups is 2. The van der Waals surface area contributed by atoms with Gasteiger partial charge in [0.1, 0.15) is 0 Å². The van der Waals surface area contributed by atoms with E-state index in [9.17, 15) is 19.5 Å². The lowest BCUT2D eigenvalue weighted by atomic mass is 9.79. The average molecular weight is 456 g/mol. The topological polar surface area (TPSA) is 82.8 Å². The van der Waals surface area contributed by atoms with Crippen LogP contribution in [0.5, 0.6) is 0 Å². The van der Waals surface area contributed by atoms with Gasteiger partial charge in [0.25, 0.3) is 5.56 Å². The van der Waals surface area contributed by atoms with Crippen LogP contribution in [0.15, 0.2) is 23.0 Å². The lowest BCUT2D eigenvalue weighted by Crippen LogP contribution is -2.49. The van der Waals surface area contributed by atoms with Gasteiger partial charge in [0.2, 0.25) is 5.91 Å². The first-order valence-corrected chi connectivity index (χ1v) is 12.9. The van der Waals surface area contributed by atoms with Crippen LogP contribution in [0.3, 0.4) is 0 Å². The average Bonchev–Trinajstić information content (AvgIpc) is 3.33. The van der Waals surface area contributed by atoms with Crippen LogP contribution in [0, 0.1) is 23.7 Å². The van der Waals surface area contributed by atoms with Crippen LogP contribution in [0.25, 0.3) is 0 Å². The standard InChI is InChI=1S/C26H37N3O4/c30-24-7-3-6-23-22-12-18(15-29(23)24)14-27(16-22)10-8-21-17-28(11-9-20(21)13-25(31)32)26(33)19-4-1-2-5-19/h3,6-7,18-22H,1-2,4-5,8-17H2,(H,31,32). The zero-order chi connectivity index (χ0) is 22.9. The minimum Gasteiger partial charge on any atom is -0.481 e. The highest BCUT2D eigenvalue weighted by atomic mass is 16.4. The molecule has 180 valence electrons. The highest BCUT2D eigenvalue weighted by Gasteiger charge is 2.38. The molecule has 0 spiro atoms. The zero-order valence-corrected chi connectivity index (χ0v) is 19.5. The number of carboxylic acid groups (broad SMARTS) is 1. The van der Waals surface area contributed by atoms with Crippen molar-refractivity contribution in [3.05, 3.63) is 34.2 Å². The van der Waals surface area contributed by atoms with Crippen LogP contribution in [0.2, 0.25) is 0 Å². The van der Waals surface area contributed by atoms with Gasteiger partial charge in [-0.25, -0.2) is 0 Å². The molecule has 0 aromatic carbocycles. The van der Waals surface area contributed by atoms with Crippen molar-refractivity contribution in [2.24, 2.45) is 23.7 Å². The van der Waals surface area contributed by atoms with Crippen molar-refractivity contribution >= 4 is 11.9 Å². The van der Waals surface area contributed by atoms with E-state index >= 15 is 0 Å². The molecule has 7 heteroatoms. The van der Waals surface area contributed by atoms with Crippen LogP contribution in [0.1, 0.15) is 63.0 Å². The van der Waals surface area contributed by atoms with Crippen LogP contribution < -0.4 is 5.56 Å². The number of aliphatic carboxylic acids is 1. The van der Waals surface area contributed by atoms with E-state index in [4.69, 9.17) is 0 Å². The third-order valence-electron chi connectivity index (χ3n) is 8.72. The molecule has 1 aromatic rings. The Labute approximate surface area is 195 Å². The predicted molar refractivity (Wildman–Crippen MR) is 125 cm³/mol. The SMILES string of the molecule is O=C(O)CC1CCN(C(=O)C2CCCC2)CC1CCN1CC2CC(C1)c1cccc(=O)n1C2. The fourth-order valence-corrected chi connectivity index (χ4v) is 7.06. The second kappa shape index (κ2) is 9.61. The molecule has 0 radical (unpaired) electrons. The first-order valence-electron chi connectivity index (χ1n) is 12.9. The van der Waals surface area contributed by atoms with Gasteiger partial charge in [-0.15, -0.1) is 0 Å². The van der Waals surface area contributed by atoms with Gasteiger partial charge in [-0.05, 0) is 62.5 Å². The summed E-state index contributed by atoms with van der Waals surface area (Å²) in [7, 11) is 0. The number of rotatable bonds is 6. The lowest BCUT2D eigenvalue weighted by molar-refractivity contribution is -0.141. The summed E-state index contributed by atoms with van der Waals surface area (Å²) in [4.78, 5) is 41.4. The molecule has 1 aromatic heterocycles. The third-order valence-corrected chi connectivity index (χ3v) is 8.72. The maximum atomic E-state index is 13.0. The molecule has 1 amide bonds. The monoisotopic (exact) mass is 455 g/mol. The van der Waals surface area contributed by atoms with E-state index in [0.29, 0.717) is 30.8 Å². The zero-order valence-electron chi connectivity index (χ0n) is 19.5. The lowest BCUT2D eigenvalue weighted by Gasteiger charge is -2.44. The molecule has 7 nitrogen and oxygen atoms in total. The first kappa shape index (κ1) is 22.6. The Morgan fingerprint density at radius 3 is 2.61 bits per heavy atom. The highest BCUT2D eigenvalue weighted by Crippen LogP contribution is 2.37. The minimum atomic E-state index is -0.727. The maximum Gasteiger partial charge on any atom is 0.303 e. The van der Waals surface area contributed by atoms with Crippen molar-refractivity contribution in [1.29, 1.82) is 0 Å². The fourth-order valence-electron chi connectivity index (χ4n) is 7.06. The molecule has 1 saturated carbocycles. The van der Waals surface area contributed by atoms with E-state index in [2.05, 4.69) is 11.0 Å². The Balaban J connectivity index is 1.23. The second-order valence-corrected chi connectivity index (χ2v) is 10.9. The molecule has 4 unspecified atom stereocenters. The molecule has 5 rings (SSSR count). The summed E-state index contributed by atoms with van der Waals surface area (Å²) in [5.41, 5.74) is 1.28. The minimum absolute atomic E-state index is 0.112. The number of amides is 1. The van der Waals surface area contributed by atoms with Gasteiger partial charge in [-0.3, -0.25) is 14.4 Å². The molecule has 1 N–H and O–H groups in total. The molecule has 3 aliphatic heterocycles. The van der Waals surface area contributed by atoms with Gasteiger partial charge in [0.15, 0.2) is 0 Å². The summed E-state index contributed by atoms with van der Waals surface area (Å²) in [6.07, 6.45) is 7.43. The van der Waals surface area contributed by atoms with Crippen molar-refractivity contribution in [3.8, 4) is 0 Å². The molecular formula is C26H37N3O4. The van der Waals surface area contributed by atoms with Gasteiger partial charge < -0.3 is 19.5 Å². The number of piperidine rings is 2. The number of carboxylic acids is 1. The summed E-state index contributed by atoms with van der Waals surface area (Å²) < 4.78 is 1.96. The predicted octanol–water partition coefficient (Wildman–Crippen LogP) is 2.79. The number of aromatic nitrogens is 1. The quantitative estimate of drug-likeness (QED) is 0.713. The van der Waals surface area contributed by atoms with E-state index in [1.165, 1.54) is 5.69 Å². The normalized spacial score (nSPS) is 30.2. The molecule has 1 aliphatic carbocycles. The molecule has 4 atom stereocenters. The van der Waals surface area contributed by atoms with Crippen LogP contribution in [-0.2, 0) is 16.1 Å². The summed E-state index contributed by atoms with van der Waals surface area (Å²) in [5.74, 6) is 1.06. The summed E-state index contributed by atoms with van der Waals surface area (Å²) in [5, 5.41) is 9.45. The van der Waals surface area contributed by atoms with Gasteiger partial charge in [-0.1, -0.05) is 18.9 Å². The van der Waals surface area contributed by atoms with Gasteiger partial charge in [0.05, 0.1) is 0 Å². The van der Waals surface area contributed by atoms with Crippen molar-refractivity contribution in [3.63, 3.8) is 0 Å². The Hall–Kier alpha value is -2.15. The van der Waals surface area contributed by atoms with Crippen molar-refractivity contribution < 1.29 is 14.7 Å². The Bertz CT molecular complexity index is 938. The largest absolute Gasteiger partial charge is 0.481 e. The molecule has 3 fully saturated rings. The second-order valence-electron chi connectivity index (χ2n) is 10.9. The molecule has 2 saturated heterocycles. The number of hydrogen-bond donors (Lipinski definition) is 1. The van der Waals surface area contributed by atoms with Crippen LogP contribution in [0.4, 0.5) is 0 Å². The van der Waals surface area contributed by atoms with Crippen LogP contribution in [-0.4, -0.2) is 64.1 Å². The molecular weight excluding hydrogens is 418 g/mol. The third kappa shape index (κ3) is 4.88. The molecule has 4 heterocycles. The van der Waals surface area contributed by atoms with E-state index in [-0.39, 0.29) is 29.7 Å². The van der Waals surface area contributed by atoms with E-state index in [1.54, 1.807) is 6.07 Å². The summed E-state index contributed by atoms with van der Waals surface area (Å²) in [6, 6.07) is 5.64. The number of hydrogen-bond acceptors (Lipinski definition) is 4. The number of fused-ring (bicyclic) bond motifs is 4. The first-order chi connectivity index (χ1) is 16.0. The summed E-state index contributed by atoms with van der Waals surface area (Å²) in [6.45, 7) is 5.13.